The highest BCUT2D eigenvalue weighted by molar-refractivity contribution is 7.98. The normalized spacial score (nSPS) is 16.9. The van der Waals surface area contributed by atoms with Gasteiger partial charge in [-0.2, -0.15) is 0 Å². The van der Waals surface area contributed by atoms with Crippen molar-refractivity contribution in [2.24, 2.45) is 0 Å². The summed E-state index contributed by atoms with van der Waals surface area (Å²) in [5.41, 5.74) is 2.38. The van der Waals surface area contributed by atoms with Gasteiger partial charge in [0.15, 0.2) is 11.0 Å². The summed E-state index contributed by atoms with van der Waals surface area (Å²) < 4.78 is 0. The number of carbonyl (C=O) groups is 1. The van der Waals surface area contributed by atoms with Crippen molar-refractivity contribution in [3.63, 3.8) is 0 Å². The van der Waals surface area contributed by atoms with Crippen molar-refractivity contribution in [3.05, 3.63) is 41.6 Å². The predicted molar refractivity (Wildman–Crippen MR) is 82.5 cm³/mol. The zero-order valence-electron chi connectivity index (χ0n) is 11.8. The van der Waals surface area contributed by atoms with E-state index in [0.717, 1.165) is 12.1 Å². The Labute approximate surface area is 127 Å². The Morgan fingerprint density at radius 2 is 2.19 bits per heavy atom. The van der Waals surface area contributed by atoms with Gasteiger partial charge in [-0.3, -0.25) is 0 Å². The van der Waals surface area contributed by atoms with Gasteiger partial charge in [0.25, 0.3) is 0 Å². The summed E-state index contributed by atoms with van der Waals surface area (Å²) in [6.45, 7) is 2.08. The van der Waals surface area contributed by atoms with Gasteiger partial charge in [0, 0.05) is 17.9 Å². The Morgan fingerprint density at radius 3 is 2.90 bits per heavy atom. The molecular formula is C15H15N3O2S. The molecule has 0 spiro atoms. The molecule has 0 fully saturated rings. The molecule has 1 atom stereocenters. The molecule has 0 saturated heterocycles. The van der Waals surface area contributed by atoms with Crippen LogP contribution in [0.5, 0.6) is 0 Å². The van der Waals surface area contributed by atoms with Crippen molar-refractivity contribution >= 4 is 29.2 Å². The Balaban J connectivity index is 2.17. The van der Waals surface area contributed by atoms with Gasteiger partial charge >= 0.3 is 5.97 Å². The fourth-order valence-corrected chi connectivity index (χ4v) is 3.01. The molecule has 2 heterocycles. The average Bonchev–Trinajstić information content (AvgIpc) is 2.82. The van der Waals surface area contributed by atoms with Crippen LogP contribution in [0.15, 0.2) is 35.6 Å². The number of anilines is 2. The number of hydrogen-bond acceptors (Lipinski definition) is 5. The molecule has 1 aliphatic rings. The molecule has 108 valence electrons. The summed E-state index contributed by atoms with van der Waals surface area (Å²) in [7, 11) is 0. The van der Waals surface area contributed by atoms with Gasteiger partial charge in [-0.1, -0.05) is 30.0 Å². The summed E-state index contributed by atoms with van der Waals surface area (Å²) in [4.78, 5) is 22.0. The fourth-order valence-electron chi connectivity index (χ4n) is 2.68. The molecule has 0 aliphatic carbocycles. The van der Waals surface area contributed by atoms with E-state index >= 15 is 0 Å². The van der Waals surface area contributed by atoms with Crippen LogP contribution in [0.3, 0.4) is 0 Å². The molecule has 6 heteroatoms. The highest BCUT2D eigenvalue weighted by Crippen LogP contribution is 2.38. The first-order valence-electron chi connectivity index (χ1n) is 6.63. The molecule has 5 nitrogen and oxygen atoms in total. The van der Waals surface area contributed by atoms with E-state index in [0.29, 0.717) is 11.0 Å². The maximum Gasteiger partial charge on any atom is 0.341 e. The van der Waals surface area contributed by atoms with Crippen LogP contribution >= 0.6 is 11.8 Å². The van der Waals surface area contributed by atoms with E-state index in [1.165, 1.54) is 23.5 Å². The van der Waals surface area contributed by atoms with Crippen LogP contribution < -0.4 is 4.90 Å². The fraction of sp³-hybridized carbons (Fsp3) is 0.267. The van der Waals surface area contributed by atoms with E-state index in [9.17, 15) is 9.90 Å². The third-order valence-corrected chi connectivity index (χ3v) is 4.16. The van der Waals surface area contributed by atoms with Gasteiger partial charge in [-0.05, 0) is 31.2 Å². The van der Waals surface area contributed by atoms with Crippen LogP contribution in [0.2, 0.25) is 0 Å². The molecule has 3 rings (SSSR count). The zero-order chi connectivity index (χ0) is 15.0. The second-order valence-corrected chi connectivity index (χ2v) is 5.72. The molecular weight excluding hydrogens is 286 g/mol. The Hall–Kier alpha value is -2.08. The first-order chi connectivity index (χ1) is 10.1. The minimum absolute atomic E-state index is 0.136. The first-order valence-corrected chi connectivity index (χ1v) is 7.85. The SMILES string of the molecule is CSc1ncc(C(=O)O)c(N2c3ccccc3C[C@@H]2C)n1. The van der Waals surface area contributed by atoms with Crippen molar-refractivity contribution in [2.75, 3.05) is 11.2 Å². The van der Waals surface area contributed by atoms with Crippen molar-refractivity contribution in [1.82, 2.24) is 9.97 Å². The van der Waals surface area contributed by atoms with Crippen molar-refractivity contribution in [3.8, 4) is 0 Å². The predicted octanol–water partition coefficient (Wildman–Crippen LogP) is 2.98. The minimum atomic E-state index is -1.01. The van der Waals surface area contributed by atoms with Crippen LogP contribution in [0.25, 0.3) is 0 Å². The van der Waals surface area contributed by atoms with Crippen molar-refractivity contribution in [1.29, 1.82) is 0 Å². The van der Waals surface area contributed by atoms with Crippen LogP contribution in [0.1, 0.15) is 22.8 Å². The lowest BCUT2D eigenvalue weighted by Crippen LogP contribution is -2.27. The van der Waals surface area contributed by atoms with Crippen molar-refractivity contribution in [2.45, 2.75) is 24.5 Å². The smallest absolute Gasteiger partial charge is 0.341 e. The Morgan fingerprint density at radius 1 is 1.43 bits per heavy atom. The average molecular weight is 301 g/mol. The highest BCUT2D eigenvalue weighted by Gasteiger charge is 2.31. The number of carboxylic acids is 1. The second kappa shape index (κ2) is 5.37. The standard InChI is InChI=1S/C15H15N3O2S/c1-9-7-10-5-3-4-6-12(10)18(9)13-11(14(19)20)8-16-15(17-13)21-2/h3-6,8-9H,7H2,1-2H3,(H,19,20)/t9-/m0/s1. The van der Waals surface area contributed by atoms with E-state index in [2.05, 4.69) is 23.0 Å². The number of nitrogens with zero attached hydrogens (tertiary/aromatic N) is 3. The Bertz CT molecular complexity index is 705. The number of hydrogen-bond donors (Lipinski definition) is 1. The lowest BCUT2D eigenvalue weighted by atomic mass is 10.1. The zero-order valence-corrected chi connectivity index (χ0v) is 12.6. The molecule has 0 saturated carbocycles. The molecule has 21 heavy (non-hydrogen) atoms. The number of rotatable bonds is 3. The van der Waals surface area contributed by atoms with Gasteiger partial charge in [-0.25, -0.2) is 14.8 Å². The maximum absolute atomic E-state index is 11.5. The lowest BCUT2D eigenvalue weighted by molar-refractivity contribution is 0.0696. The number of fused-ring (bicyclic) bond motifs is 1. The van der Waals surface area contributed by atoms with E-state index in [1.54, 1.807) is 0 Å². The number of carboxylic acid groups (broad SMARTS) is 1. The van der Waals surface area contributed by atoms with Crippen LogP contribution in [-0.2, 0) is 6.42 Å². The molecule has 1 aromatic carbocycles. The van der Waals surface area contributed by atoms with E-state index in [4.69, 9.17) is 0 Å². The number of aromatic carboxylic acids is 1. The largest absolute Gasteiger partial charge is 0.477 e. The highest BCUT2D eigenvalue weighted by atomic mass is 32.2. The van der Waals surface area contributed by atoms with E-state index in [-0.39, 0.29) is 11.6 Å². The molecule has 2 aromatic rings. The lowest BCUT2D eigenvalue weighted by Gasteiger charge is -2.25. The summed E-state index contributed by atoms with van der Waals surface area (Å²) in [6.07, 6.45) is 4.15. The minimum Gasteiger partial charge on any atom is -0.477 e. The van der Waals surface area contributed by atoms with E-state index < -0.39 is 5.97 Å². The number of aromatic nitrogens is 2. The topological polar surface area (TPSA) is 66.3 Å². The molecule has 0 bridgehead atoms. The summed E-state index contributed by atoms with van der Waals surface area (Å²) in [6, 6.07) is 8.21. The quantitative estimate of drug-likeness (QED) is 0.694. The van der Waals surface area contributed by atoms with Crippen LogP contribution in [0.4, 0.5) is 11.5 Å². The maximum atomic E-state index is 11.5. The molecule has 0 radical (unpaired) electrons. The molecule has 0 amide bonds. The molecule has 1 N–H and O–H groups in total. The third-order valence-electron chi connectivity index (χ3n) is 3.59. The van der Waals surface area contributed by atoms with Crippen LogP contribution in [-0.4, -0.2) is 33.3 Å². The van der Waals surface area contributed by atoms with Gasteiger partial charge in [-0.15, -0.1) is 0 Å². The number of para-hydroxylation sites is 1. The third kappa shape index (κ3) is 2.35. The van der Waals surface area contributed by atoms with E-state index in [1.807, 2.05) is 29.4 Å². The first kappa shape index (κ1) is 13.9. The van der Waals surface area contributed by atoms with Gasteiger partial charge < -0.3 is 10.0 Å². The molecule has 1 aliphatic heterocycles. The summed E-state index contributed by atoms with van der Waals surface area (Å²) >= 11 is 1.40. The summed E-state index contributed by atoms with van der Waals surface area (Å²) in [5, 5.41) is 9.99. The molecule has 0 unspecified atom stereocenters. The summed E-state index contributed by atoms with van der Waals surface area (Å²) in [5.74, 6) is -0.534. The molecule has 1 aromatic heterocycles. The second-order valence-electron chi connectivity index (χ2n) is 4.95. The van der Waals surface area contributed by atoms with Crippen LogP contribution in [0, 0.1) is 0 Å². The number of benzene rings is 1. The number of thioether (sulfide) groups is 1. The van der Waals surface area contributed by atoms with Crippen molar-refractivity contribution < 1.29 is 9.90 Å². The monoisotopic (exact) mass is 301 g/mol. The van der Waals surface area contributed by atoms with Gasteiger partial charge in [0.05, 0.1) is 0 Å². The van der Waals surface area contributed by atoms with Gasteiger partial charge in [0.2, 0.25) is 0 Å². The Kier molecular flexibility index (Phi) is 3.55. The van der Waals surface area contributed by atoms with Gasteiger partial charge in [0.1, 0.15) is 5.56 Å².